The van der Waals surface area contributed by atoms with Gasteiger partial charge in [-0.05, 0) is 13.3 Å². The third-order valence-electron chi connectivity index (χ3n) is 2.86. The molecular formula is C11H18F3N5. The number of hydrogen-bond donors (Lipinski definition) is 2. The Labute approximate surface area is 110 Å². The van der Waals surface area contributed by atoms with Crippen LogP contribution in [0.15, 0.2) is 6.07 Å². The molecule has 1 atom stereocenters. The smallest absolute Gasteiger partial charge is 0.357 e. The molecule has 0 aliphatic carbocycles. The van der Waals surface area contributed by atoms with Crippen molar-refractivity contribution in [3.8, 4) is 0 Å². The third-order valence-corrected chi connectivity index (χ3v) is 2.86. The quantitative estimate of drug-likeness (QED) is 0.639. The first-order valence-electron chi connectivity index (χ1n) is 5.95. The fourth-order valence-corrected chi connectivity index (χ4v) is 1.66. The van der Waals surface area contributed by atoms with Crippen molar-refractivity contribution < 1.29 is 13.2 Å². The second-order valence-electron chi connectivity index (χ2n) is 4.33. The van der Waals surface area contributed by atoms with E-state index in [-0.39, 0.29) is 17.8 Å². The first-order valence-corrected chi connectivity index (χ1v) is 5.95. The molecule has 19 heavy (non-hydrogen) atoms. The molecule has 0 aromatic carbocycles. The van der Waals surface area contributed by atoms with E-state index in [1.807, 2.05) is 13.8 Å². The Balaban J connectivity index is 3.13. The zero-order valence-electron chi connectivity index (χ0n) is 11.1. The van der Waals surface area contributed by atoms with Gasteiger partial charge in [0.2, 0.25) is 5.95 Å². The molecule has 0 saturated carbocycles. The number of hydrazine groups is 1. The summed E-state index contributed by atoms with van der Waals surface area (Å²) in [5.74, 6) is 5.05. The molecule has 0 bridgehead atoms. The minimum absolute atomic E-state index is 0.0756. The van der Waals surface area contributed by atoms with Crippen LogP contribution >= 0.6 is 0 Å². The maximum Gasteiger partial charge on any atom is 0.433 e. The lowest BCUT2D eigenvalue weighted by molar-refractivity contribution is -0.141. The number of halogens is 3. The zero-order chi connectivity index (χ0) is 14.6. The first-order chi connectivity index (χ1) is 8.79. The van der Waals surface area contributed by atoms with Gasteiger partial charge in [-0.15, -0.1) is 0 Å². The van der Waals surface area contributed by atoms with Gasteiger partial charge in [-0.25, -0.2) is 10.8 Å². The zero-order valence-corrected chi connectivity index (χ0v) is 11.1. The Bertz CT molecular complexity index is 421. The van der Waals surface area contributed by atoms with Crippen LogP contribution in [-0.2, 0) is 6.18 Å². The van der Waals surface area contributed by atoms with Crippen LogP contribution in [0.5, 0.6) is 0 Å². The minimum atomic E-state index is -4.53. The lowest BCUT2D eigenvalue weighted by atomic mass is 10.2. The van der Waals surface area contributed by atoms with Crippen LogP contribution < -0.4 is 16.2 Å². The second kappa shape index (κ2) is 6.05. The summed E-state index contributed by atoms with van der Waals surface area (Å²) in [5.41, 5.74) is 1.04. The van der Waals surface area contributed by atoms with Crippen LogP contribution in [0.2, 0.25) is 0 Å². The van der Waals surface area contributed by atoms with Gasteiger partial charge in [0.1, 0.15) is 5.82 Å². The van der Waals surface area contributed by atoms with Crippen molar-refractivity contribution in [3.63, 3.8) is 0 Å². The van der Waals surface area contributed by atoms with Crippen molar-refractivity contribution in [2.75, 3.05) is 17.4 Å². The van der Waals surface area contributed by atoms with Crippen molar-refractivity contribution in [3.05, 3.63) is 11.8 Å². The summed E-state index contributed by atoms with van der Waals surface area (Å²) in [5, 5.41) is 0. The van der Waals surface area contributed by atoms with Gasteiger partial charge in [0.05, 0.1) is 0 Å². The van der Waals surface area contributed by atoms with Crippen LogP contribution in [-0.4, -0.2) is 23.1 Å². The van der Waals surface area contributed by atoms with E-state index in [9.17, 15) is 13.2 Å². The van der Waals surface area contributed by atoms with E-state index in [4.69, 9.17) is 5.84 Å². The normalized spacial score (nSPS) is 13.2. The maximum absolute atomic E-state index is 12.7. The molecule has 5 nitrogen and oxygen atoms in total. The number of rotatable bonds is 5. The number of nitrogens with zero attached hydrogens (tertiary/aromatic N) is 3. The van der Waals surface area contributed by atoms with Crippen LogP contribution in [0.3, 0.4) is 0 Å². The Morgan fingerprint density at radius 1 is 1.42 bits per heavy atom. The minimum Gasteiger partial charge on any atom is -0.357 e. The highest BCUT2D eigenvalue weighted by molar-refractivity contribution is 5.45. The molecule has 0 aliphatic heterocycles. The highest BCUT2D eigenvalue weighted by Gasteiger charge is 2.34. The molecule has 0 fully saturated rings. The Hall–Kier alpha value is -1.57. The van der Waals surface area contributed by atoms with Gasteiger partial charge in [0.25, 0.3) is 0 Å². The summed E-state index contributed by atoms with van der Waals surface area (Å²) < 4.78 is 38.2. The van der Waals surface area contributed by atoms with Crippen LogP contribution in [0.25, 0.3) is 0 Å². The number of aromatic nitrogens is 2. The summed E-state index contributed by atoms with van der Waals surface area (Å²) in [7, 11) is 1.70. The predicted octanol–water partition coefficient (Wildman–Crippen LogP) is 2.41. The molecule has 8 heteroatoms. The molecule has 0 saturated heterocycles. The summed E-state index contributed by atoms with van der Waals surface area (Å²) in [6.45, 7) is 3.94. The van der Waals surface area contributed by atoms with Gasteiger partial charge in [-0.2, -0.15) is 18.2 Å². The van der Waals surface area contributed by atoms with Gasteiger partial charge in [-0.3, -0.25) is 5.43 Å². The molecule has 0 spiro atoms. The van der Waals surface area contributed by atoms with E-state index in [0.29, 0.717) is 0 Å². The van der Waals surface area contributed by atoms with Gasteiger partial charge in [0, 0.05) is 19.2 Å². The number of anilines is 2. The largest absolute Gasteiger partial charge is 0.433 e. The number of nitrogens with one attached hydrogen (secondary N) is 1. The van der Waals surface area contributed by atoms with E-state index in [2.05, 4.69) is 15.4 Å². The molecule has 1 heterocycles. The van der Waals surface area contributed by atoms with Crippen molar-refractivity contribution in [2.45, 2.75) is 38.9 Å². The van der Waals surface area contributed by atoms with Crippen molar-refractivity contribution in [1.82, 2.24) is 9.97 Å². The molecule has 0 amide bonds. The summed E-state index contributed by atoms with van der Waals surface area (Å²) in [6, 6.07) is 0.999. The average molecular weight is 277 g/mol. The van der Waals surface area contributed by atoms with Crippen molar-refractivity contribution >= 4 is 11.8 Å². The summed E-state index contributed by atoms with van der Waals surface area (Å²) in [6.07, 6.45) is -2.74. The van der Waals surface area contributed by atoms with Gasteiger partial charge in [-0.1, -0.05) is 13.3 Å². The highest BCUT2D eigenvalue weighted by Crippen LogP contribution is 2.30. The lowest BCUT2D eigenvalue weighted by Crippen LogP contribution is -2.30. The monoisotopic (exact) mass is 277 g/mol. The Morgan fingerprint density at radius 3 is 2.53 bits per heavy atom. The van der Waals surface area contributed by atoms with E-state index >= 15 is 0 Å². The molecule has 1 rings (SSSR count). The Morgan fingerprint density at radius 2 is 2.05 bits per heavy atom. The number of hydrogen-bond acceptors (Lipinski definition) is 5. The van der Waals surface area contributed by atoms with E-state index in [0.717, 1.165) is 18.9 Å². The third kappa shape index (κ3) is 3.95. The fraction of sp³-hybridized carbons (Fsp3) is 0.636. The molecule has 1 aromatic heterocycles. The van der Waals surface area contributed by atoms with Gasteiger partial charge in [0.15, 0.2) is 5.69 Å². The molecule has 0 aliphatic rings. The highest BCUT2D eigenvalue weighted by atomic mass is 19.4. The Kier molecular flexibility index (Phi) is 4.93. The molecule has 108 valence electrons. The predicted molar refractivity (Wildman–Crippen MR) is 67.6 cm³/mol. The molecule has 3 N–H and O–H groups in total. The summed E-state index contributed by atoms with van der Waals surface area (Å²) in [4.78, 5) is 8.94. The van der Waals surface area contributed by atoms with Crippen LogP contribution in [0.1, 0.15) is 32.4 Å². The van der Waals surface area contributed by atoms with Crippen LogP contribution in [0, 0.1) is 0 Å². The fourth-order valence-electron chi connectivity index (χ4n) is 1.66. The maximum atomic E-state index is 12.7. The second-order valence-corrected chi connectivity index (χ2v) is 4.33. The SMILES string of the molecule is CCCC(C)N(C)c1cc(C(F)(F)F)nc(NN)n1. The topological polar surface area (TPSA) is 67.1 Å². The van der Waals surface area contributed by atoms with E-state index in [1.165, 1.54) is 0 Å². The van der Waals surface area contributed by atoms with Gasteiger partial charge < -0.3 is 4.90 Å². The van der Waals surface area contributed by atoms with Gasteiger partial charge >= 0.3 is 6.18 Å². The standard InChI is InChI=1S/C11H18F3N5/c1-4-5-7(2)19(3)9-6-8(11(12,13)14)16-10(17-9)18-15/h6-7H,4-5,15H2,1-3H3,(H,16,17,18). The number of alkyl halides is 3. The van der Waals surface area contributed by atoms with Crippen molar-refractivity contribution in [1.29, 1.82) is 0 Å². The van der Waals surface area contributed by atoms with Crippen molar-refractivity contribution in [2.24, 2.45) is 5.84 Å². The molecule has 1 unspecified atom stereocenters. The van der Waals surface area contributed by atoms with E-state index in [1.54, 1.807) is 11.9 Å². The molecular weight excluding hydrogens is 259 g/mol. The number of nitrogens with two attached hydrogens (primary N) is 1. The van der Waals surface area contributed by atoms with E-state index < -0.39 is 11.9 Å². The number of nitrogen functional groups attached to an aromatic ring is 1. The molecule has 0 radical (unpaired) electrons. The lowest BCUT2D eigenvalue weighted by Gasteiger charge is -2.26. The average Bonchev–Trinajstić information content (AvgIpc) is 2.36. The molecule has 1 aromatic rings. The summed E-state index contributed by atoms with van der Waals surface area (Å²) >= 11 is 0. The first kappa shape index (κ1) is 15.5. The van der Waals surface area contributed by atoms with Crippen LogP contribution in [0.4, 0.5) is 24.9 Å².